The molecule has 0 aliphatic carbocycles. The highest BCUT2D eigenvalue weighted by molar-refractivity contribution is 5.92. The van der Waals surface area contributed by atoms with Crippen molar-refractivity contribution in [3.05, 3.63) is 52.3 Å². The van der Waals surface area contributed by atoms with E-state index in [4.69, 9.17) is 9.47 Å². The van der Waals surface area contributed by atoms with Crippen molar-refractivity contribution in [2.45, 2.75) is 20.1 Å². The highest BCUT2D eigenvalue weighted by Crippen LogP contribution is 2.25. The summed E-state index contributed by atoms with van der Waals surface area (Å²) in [5, 5.41) is 17.8. The van der Waals surface area contributed by atoms with Crippen LogP contribution < -0.4 is 10.1 Å². The van der Waals surface area contributed by atoms with Crippen molar-refractivity contribution in [3.8, 4) is 5.75 Å². The van der Waals surface area contributed by atoms with Gasteiger partial charge in [-0.3, -0.25) is 14.9 Å². The van der Waals surface area contributed by atoms with Gasteiger partial charge in [-0.15, -0.1) is 0 Å². The number of nitrogens with one attached hydrogen (secondary N) is 1. The van der Waals surface area contributed by atoms with Crippen LogP contribution in [-0.2, 0) is 11.5 Å². The van der Waals surface area contributed by atoms with Gasteiger partial charge in [0.05, 0.1) is 4.92 Å². The summed E-state index contributed by atoms with van der Waals surface area (Å²) in [4.78, 5) is 22.4. The van der Waals surface area contributed by atoms with Gasteiger partial charge in [-0.05, 0) is 25.5 Å². The number of para-hydroxylation sites is 2. The molecule has 25 heavy (non-hydrogen) atoms. The first-order valence-corrected chi connectivity index (χ1v) is 7.87. The number of nitrogens with zero attached hydrogens (tertiary/aromatic N) is 3. The fraction of sp³-hybridized carbons (Fsp3) is 0.375. The second-order valence-corrected chi connectivity index (χ2v) is 5.05. The smallest absolute Gasteiger partial charge is 0.311 e. The van der Waals surface area contributed by atoms with E-state index in [1.807, 2.05) is 6.92 Å². The van der Waals surface area contributed by atoms with Crippen LogP contribution in [0, 0.1) is 10.1 Å². The van der Waals surface area contributed by atoms with Gasteiger partial charge in [0.2, 0.25) is 0 Å². The lowest BCUT2D eigenvalue weighted by atomic mass is 10.3. The minimum atomic E-state index is -0.514. The first-order chi connectivity index (χ1) is 12.1. The van der Waals surface area contributed by atoms with Crippen LogP contribution in [0.5, 0.6) is 5.75 Å². The lowest BCUT2D eigenvalue weighted by Crippen LogP contribution is -2.26. The average Bonchev–Trinajstić information content (AvgIpc) is 3.09. The van der Waals surface area contributed by atoms with Crippen molar-refractivity contribution in [1.82, 2.24) is 15.1 Å². The Bertz CT molecular complexity index is 716. The number of benzene rings is 1. The monoisotopic (exact) mass is 348 g/mol. The summed E-state index contributed by atoms with van der Waals surface area (Å²) >= 11 is 0. The lowest BCUT2D eigenvalue weighted by molar-refractivity contribution is -0.386. The van der Waals surface area contributed by atoms with Crippen LogP contribution in [0.4, 0.5) is 5.69 Å². The summed E-state index contributed by atoms with van der Waals surface area (Å²) in [5.41, 5.74) is 0.129. The Hall–Kier alpha value is -2.94. The van der Waals surface area contributed by atoms with Gasteiger partial charge < -0.3 is 14.8 Å². The maximum atomic E-state index is 12.0. The molecule has 0 spiro atoms. The Morgan fingerprint density at radius 2 is 2.16 bits per heavy atom. The van der Waals surface area contributed by atoms with Crippen LogP contribution in [0.2, 0.25) is 0 Å². The van der Waals surface area contributed by atoms with Gasteiger partial charge in [-0.25, -0.2) is 4.68 Å². The summed E-state index contributed by atoms with van der Waals surface area (Å²) in [6.45, 7) is 3.62. The second-order valence-electron chi connectivity index (χ2n) is 5.05. The van der Waals surface area contributed by atoms with E-state index in [1.165, 1.54) is 16.8 Å². The molecule has 0 saturated carbocycles. The quantitative estimate of drug-likeness (QED) is 0.399. The third kappa shape index (κ3) is 5.57. The molecule has 1 aromatic heterocycles. The van der Waals surface area contributed by atoms with Gasteiger partial charge in [-0.1, -0.05) is 12.1 Å². The van der Waals surface area contributed by atoms with E-state index in [-0.39, 0.29) is 29.8 Å². The molecule has 0 radical (unpaired) electrons. The van der Waals surface area contributed by atoms with Gasteiger partial charge in [0, 0.05) is 32.0 Å². The summed E-state index contributed by atoms with van der Waals surface area (Å²) < 4.78 is 12.0. The van der Waals surface area contributed by atoms with Crippen molar-refractivity contribution in [3.63, 3.8) is 0 Å². The van der Waals surface area contributed by atoms with Crippen LogP contribution >= 0.6 is 0 Å². The second kappa shape index (κ2) is 9.38. The van der Waals surface area contributed by atoms with Crippen molar-refractivity contribution < 1.29 is 19.2 Å². The molecule has 0 aliphatic heterocycles. The van der Waals surface area contributed by atoms with E-state index in [9.17, 15) is 14.9 Å². The zero-order valence-corrected chi connectivity index (χ0v) is 13.9. The predicted molar refractivity (Wildman–Crippen MR) is 89.4 cm³/mol. The highest BCUT2D eigenvalue weighted by atomic mass is 16.6. The van der Waals surface area contributed by atoms with Crippen LogP contribution in [-0.4, -0.2) is 40.4 Å². The van der Waals surface area contributed by atoms with Crippen molar-refractivity contribution in [2.75, 3.05) is 19.8 Å². The molecule has 0 fully saturated rings. The Kier molecular flexibility index (Phi) is 6.90. The average molecular weight is 348 g/mol. The molecule has 2 rings (SSSR count). The van der Waals surface area contributed by atoms with Crippen molar-refractivity contribution in [1.29, 1.82) is 0 Å². The van der Waals surface area contributed by atoms with Crippen LogP contribution in [0.15, 0.2) is 36.5 Å². The van der Waals surface area contributed by atoms with Crippen molar-refractivity contribution >= 4 is 11.6 Å². The first kappa shape index (κ1) is 18.4. The number of rotatable bonds is 10. The fourth-order valence-corrected chi connectivity index (χ4v) is 2.03. The number of nitro benzene ring substituents is 1. The minimum Gasteiger partial charge on any atom is -0.464 e. The zero-order chi connectivity index (χ0) is 18.1. The molecule has 134 valence electrons. The zero-order valence-electron chi connectivity index (χ0n) is 13.9. The maximum absolute atomic E-state index is 12.0. The summed E-state index contributed by atoms with van der Waals surface area (Å²) in [6.07, 6.45) is 2.30. The maximum Gasteiger partial charge on any atom is 0.311 e. The normalized spacial score (nSPS) is 10.4. The minimum absolute atomic E-state index is 0.0392. The Morgan fingerprint density at radius 3 is 2.92 bits per heavy atom. The number of ether oxygens (including phenoxy) is 2. The van der Waals surface area contributed by atoms with Gasteiger partial charge in [0.25, 0.3) is 5.91 Å². The van der Waals surface area contributed by atoms with Gasteiger partial charge in [0.15, 0.2) is 12.5 Å². The van der Waals surface area contributed by atoms with E-state index in [0.29, 0.717) is 19.8 Å². The number of hydrogen-bond donors (Lipinski definition) is 1. The van der Waals surface area contributed by atoms with Gasteiger partial charge in [0.1, 0.15) is 5.69 Å². The molecule has 1 N–H and O–H groups in total. The summed E-state index contributed by atoms with van der Waals surface area (Å²) in [5.74, 6) is -0.147. The molecule has 1 amide bonds. The Balaban J connectivity index is 1.85. The van der Waals surface area contributed by atoms with E-state index in [1.54, 1.807) is 24.4 Å². The topological polar surface area (TPSA) is 109 Å². The van der Waals surface area contributed by atoms with Crippen molar-refractivity contribution in [2.24, 2.45) is 0 Å². The molecule has 0 bridgehead atoms. The third-order valence-corrected chi connectivity index (χ3v) is 3.24. The predicted octanol–water partition coefficient (Wildman–Crippen LogP) is 1.98. The standard InChI is InChI=1S/C16H20N4O5/c1-2-24-11-5-9-17-16(21)13-8-10-19(18-13)12-25-15-7-4-3-6-14(15)20(22)23/h3-4,6-8,10H,2,5,9,11-12H2,1H3,(H,17,21). The fourth-order valence-electron chi connectivity index (χ4n) is 2.03. The van der Waals surface area contributed by atoms with Gasteiger partial charge in [-0.2, -0.15) is 5.10 Å². The van der Waals surface area contributed by atoms with Crippen LogP contribution in [0.25, 0.3) is 0 Å². The summed E-state index contributed by atoms with van der Waals surface area (Å²) in [7, 11) is 0. The number of hydrogen-bond acceptors (Lipinski definition) is 6. The molecular formula is C16H20N4O5. The molecule has 1 heterocycles. The largest absolute Gasteiger partial charge is 0.464 e. The Morgan fingerprint density at radius 1 is 1.36 bits per heavy atom. The molecule has 2 aromatic rings. The molecule has 1 aromatic carbocycles. The third-order valence-electron chi connectivity index (χ3n) is 3.24. The first-order valence-electron chi connectivity index (χ1n) is 7.87. The number of carbonyl (C=O) groups is 1. The van der Waals surface area contributed by atoms with E-state index in [0.717, 1.165) is 6.42 Å². The number of carbonyl (C=O) groups excluding carboxylic acids is 1. The molecular weight excluding hydrogens is 328 g/mol. The SMILES string of the molecule is CCOCCCNC(=O)c1ccn(COc2ccccc2[N+](=O)[O-])n1. The molecule has 9 nitrogen and oxygen atoms in total. The molecule has 9 heteroatoms. The summed E-state index contributed by atoms with van der Waals surface area (Å²) in [6, 6.07) is 7.63. The number of aromatic nitrogens is 2. The molecule has 0 saturated heterocycles. The number of nitro groups is 1. The van der Waals surface area contributed by atoms with Crippen LogP contribution in [0.1, 0.15) is 23.8 Å². The highest BCUT2D eigenvalue weighted by Gasteiger charge is 2.14. The van der Waals surface area contributed by atoms with Gasteiger partial charge >= 0.3 is 5.69 Å². The van der Waals surface area contributed by atoms with E-state index < -0.39 is 4.92 Å². The molecule has 0 unspecified atom stereocenters. The number of amides is 1. The molecule has 0 aliphatic rings. The van der Waals surface area contributed by atoms with E-state index in [2.05, 4.69) is 10.4 Å². The van der Waals surface area contributed by atoms with Crippen LogP contribution in [0.3, 0.4) is 0 Å². The van der Waals surface area contributed by atoms with E-state index >= 15 is 0 Å². The Labute approximate surface area is 144 Å². The molecule has 0 atom stereocenters. The lowest BCUT2D eigenvalue weighted by Gasteiger charge is -2.06.